The van der Waals surface area contributed by atoms with Gasteiger partial charge in [-0.3, -0.25) is 8.98 Å². The van der Waals surface area contributed by atoms with Gasteiger partial charge in [0.1, 0.15) is 0 Å². The highest BCUT2D eigenvalue weighted by Gasteiger charge is 2.20. The van der Waals surface area contributed by atoms with E-state index < -0.39 is 22.0 Å². The van der Waals surface area contributed by atoms with E-state index in [2.05, 4.69) is 0 Å². The first-order valence-electron chi connectivity index (χ1n) is 9.52. The van der Waals surface area contributed by atoms with Crippen LogP contribution >= 0.6 is 0 Å². The Morgan fingerprint density at radius 2 is 1.69 bits per heavy atom. The molecule has 0 amide bonds. The zero-order valence-corrected chi connectivity index (χ0v) is 17.1. The monoisotopic (exact) mass is 412 g/mol. The lowest BCUT2D eigenvalue weighted by molar-refractivity contribution is -0.142. The number of carboxylic acids is 1. The number of fused-ring (bicyclic) bond motifs is 1. The van der Waals surface area contributed by atoms with Crippen molar-refractivity contribution in [1.82, 2.24) is 0 Å². The Morgan fingerprint density at radius 3 is 2.41 bits per heavy atom. The van der Waals surface area contributed by atoms with Crippen LogP contribution in [0.5, 0.6) is 0 Å². The summed E-state index contributed by atoms with van der Waals surface area (Å²) in [6.07, 6.45) is 1.07. The van der Waals surface area contributed by atoms with Crippen molar-refractivity contribution in [2.24, 2.45) is 5.92 Å². The second-order valence-electron chi connectivity index (χ2n) is 7.11. The molecule has 0 aliphatic carbocycles. The van der Waals surface area contributed by atoms with Gasteiger partial charge in [0.2, 0.25) is 0 Å². The number of rotatable bonds is 9. The summed E-state index contributed by atoms with van der Waals surface area (Å²) in [6.45, 7) is 1.83. The molecule has 3 aromatic carbocycles. The van der Waals surface area contributed by atoms with Crippen LogP contribution in [0.15, 0.2) is 71.6 Å². The molecule has 0 saturated carbocycles. The highest BCUT2D eigenvalue weighted by molar-refractivity contribution is 7.86. The number of hydrogen-bond acceptors (Lipinski definition) is 4. The minimum absolute atomic E-state index is 0.0461. The molecule has 3 aromatic rings. The summed E-state index contributed by atoms with van der Waals surface area (Å²) in [6, 6.07) is 20.2. The van der Waals surface area contributed by atoms with Crippen molar-refractivity contribution in [1.29, 1.82) is 0 Å². The summed E-state index contributed by atoms with van der Waals surface area (Å²) in [5.41, 5.74) is 1.94. The lowest BCUT2D eigenvalue weighted by Gasteiger charge is -2.14. The van der Waals surface area contributed by atoms with Crippen LogP contribution in [-0.4, -0.2) is 26.1 Å². The van der Waals surface area contributed by atoms with Gasteiger partial charge in [-0.15, -0.1) is 0 Å². The van der Waals surface area contributed by atoms with E-state index in [-0.39, 0.29) is 11.5 Å². The molecule has 152 valence electrons. The maximum absolute atomic E-state index is 12.2. The molecule has 0 aromatic heterocycles. The first-order chi connectivity index (χ1) is 13.9. The average molecular weight is 413 g/mol. The Bertz CT molecular complexity index is 1080. The maximum Gasteiger partial charge on any atom is 0.306 e. The number of carboxylic acid groups (broad SMARTS) is 1. The van der Waals surface area contributed by atoms with Crippen LogP contribution in [0.1, 0.15) is 24.0 Å². The molecule has 0 radical (unpaired) electrons. The van der Waals surface area contributed by atoms with Crippen molar-refractivity contribution in [2.45, 2.75) is 31.1 Å². The molecule has 0 aliphatic heterocycles. The van der Waals surface area contributed by atoms with Crippen molar-refractivity contribution >= 4 is 26.9 Å². The summed E-state index contributed by atoms with van der Waals surface area (Å²) >= 11 is 0. The molecule has 0 bridgehead atoms. The molecule has 0 fully saturated rings. The van der Waals surface area contributed by atoms with E-state index in [1.165, 1.54) is 12.1 Å². The van der Waals surface area contributed by atoms with Crippen LogP contribution in [0, 0.1) is 12.8 Å². The van der Waals surface area contributed by atoms with Crippen LogP contribution in [0.3, 0.4) is 0 Å². The number of carbonyl (C=O) groups is 1. The minimum atomic E-state index is -3.83. The molecule has 3 rings (SSSR count). The van der Waals surface area contributed by atoms with Gasteiger partial charge >= 0.3 is 5.97 Å². The largest absolute Gasteiger partial charge is 0.481 e. The van der Waals surface area contributed by atoms with Crippen molar-refractivity contribution in [3.8, 4) is 0 Å². The summed E-state index contributed by atoms with van der Waals surface area (Å²) < 4.78 is 29.5. The van der Waals surface area contributed by atoms with Gasteiger partial charge in [0, 0.05) is 0 Å². The maximum atomic E-state index is 12.2. The molecule has 6 heteroatoms. The smallest absolute Gasteiger partial charge is 0.306 e. The van der Waals surface area contributed by atoms with E-state index in [1.807, 2.05) is 49.4 Å². The fraction of sp³-hybridized carbons (Fsp3) is 0.261. The molecule has 5 nitrogen and oxygen atoms in total. The summed E-state index contributed by atoms with van der Waals surface area (Å²) in [7, 11) is -3.83. The Kier molecular flexibility index (Phi) is 6.67. The first kappa shape index (κ1) is 21.0. The summed E-state index contributed by atoms with van der Waals surface area (Å²) in [5.74, 6) is -1.49. The number of aryl methyl sites for hydroxylation is 1. The molecule has 1 unspecified atom stereocenters. The Labute approximate surface area is 171 Å². The Hall–Kier alpha value is -2.70. The van der Waals surface area contributed by atoms with E-state index in [1.54, 1.807) is 12.1 Å². The number of benzene rings is 3. The SMILES string of the molecule is Cc1ccc(S(=O)(=O)OCCCC(Cc2cccc3ccccc23)C(=O)O)cc1. The standard InChI is InChI=1S/C23H24O5S/c1-17-11-13-21(14-12-17)29(26,27)28-15-5-9-20(23(24)25)16-19-8-4-7-18-6-2-3-10-22(18)19/h2-4,6-8,10-14,20H,5,9,15-16H2,1H3,(H,24,25). The Morgan fingerprint density at radius 1 is 1.00 bits per heavy atom. The number of hydrogen-bond donors (Lipinski definition) is 1. The average Bonchev–Trinajstić information content (AvgIpc) is 2.70. The molecule has 1 atom stereocenters. The third-order valence-corrected chi connectivity index (χ3v) is 6.27. The van der Waals surface area contributed by atoms with Gasteiger partial charge in [0.15, 0.2) is 0 Å². The second kappa shape index (κ2) is 9.20. The normalized spacial score (nSPS) is 12.7. The molecule has 0 heterocycles. The van der Waals surface area contributed by atoms with Crippen LogP contribution in [0.4, 0.5) is 0 Å². The zero-order chi connectivity index (χ0) is 20.9. The third kappa shape index (κ3) is 5.43. The highest BCUT2D eigenvalue weighted by Crippen LogP contribution is 2.23. The molecular formula is C23H24O5S. The lowest BCUT2D eigenvalue weighted by Crippen LogP contribution is -2.18. The van der Waals surface area contributed by atoms with Crippen LogP contribution in [-0.2, 0) is 25.5 Å². The van der Waals surface area contributed by atoms with Crippen LogP contribution in [0.25, 0.3) is 10.8 Å². The van der Waals surface area contributed by atoms with Gasteiger partial charge < -0.3 is 5.11 Å². The van der Waals surface area contributed by atoms with Gasteiger partial charge in [-0.05, 0) is 54.7 Å². The first-order valence-corrected chi connectivity index (χ1v) is 10.9. The quantitative estimate of drug-likeness (QED) is 0.411. The summed E-state index contributed by atoms with van der Waals surface area (Å²) in [5, 5.41) is 11.7. The van der Waals surface area contributed by atoms with Gasteiger partial charge in [-0.25, -0.2) is 0 Å². The zero-order valence-electron chi connectivity index (χ0n) is 16.2. The second-order valence-corrected chi connectivity index (χ2v) is 8.72. The van der Waals surface area contributed by atoms with Crippen molar-refractivity contribution in [3.63, 3.8) is 0 Å². The predicted octanol–water partition coefficient (Wildman–Crippen LogP) is 4.58. The molecule has 0 saturated heterocycles. The molecule has 0 aliphatic rings. The third-order valence-electron chi connectivity index (χ3n) is 4.94. The fourth-order valence-electron chi connectivity index (χ4n) is 3.32. The van der Waals surface area contributed by atoms with Crippen LogP contribution in [0.2, 0.25) is 0 Å². The highest BCUT2D eigenvalue weighted by atomic mass is 32.2. The topological polar surface area (TPSA) is 80.7 Å². The van der Waals surface area contributed by atoms with Crippen LogP contribution < -0.4 is 0 Å². The lowest BCUT2D eigenvalue weighted by atomic mass is 9.92. The number of aliphatic carboxylic acids is 1. The van der Waals surface area contributed by atoms with E-state index in [4.69, 9.17) is 4.18 Å². The van der Waals surface area contributed by atoms with Gasteiger partial charge in [0.05, 0.1) is 17.4 Å². The van der Waals surface area contributed by atoms with Crippen molar-refractivity contribution < 1.29 is 22.5 Å². The molecule has 0 spiro atoms. The van der Waals surface area contributed by atoms with Gasteiger partial charge in [0.25, 0.3) is 10.1 Å². The molecule has 29 heavy (non-hydrogen) atoms. The summed E-state index contributed by atoms with van der Waals surface area (Å²) in [4.78, 5) is 11.8. The van der Waals surface area contributed by atoms with Crippen molar-refractivity contribution in [2.75, 3.05) is 6.61 Å². The van der Waals surface area contributed by atoms with E-state index >= 15 is 0 Å². The Balaban J connectivity index is 1.60. The van der Waals surface area contributed by atoms with E-state index in [0.717, 1.165) is 21.9 Å². The van der Waals surface area contributed by atoms with Gasteiger partial charge in [-0.1, -0.05) is 60.2 Å². The van der Waals surface area contributed by atoms with E-state index in [9.17, 15) is 18.3 Å². The van der Waals surface area contributed by atoms with E-state index in [0.29, 0.717) is 19.3 Å². The molecular weight excluding hydrogens is 388 g/mol. The van der Waals surface area contributed by atoms with Gasteiger partial charge in [-0.2, -0.15) is 8.42 Å². The molecule has 1 N–H and O–H groups in total. The fourth-order valence-corrected chi connectivity index (χ4v) is 4.26. The predicted molar refractivity (Wildman–Crippen MR) is 112 cm³/mol. The van der Waals surface area contributed by atoms with Crippen molar-refractivity contribution in [3.05, 3.63) is 77.9 Å². The minimum Gasteiger partial charge on any atom is -0.481 e.